The second-order valence-electron chi connectivity index (χ2n) is 4.87. The minimum atomic E-state index is 0.295. The van der Waals surface area contributed by atoms with Crippen LogP contribution in [-0.2, 0) is 13.5 Å². The molecule has 0 bridgehead atoms. The van der Waals surface area contributed by atoms with E-state index in [1.54, 1.807) is 11.3 Å². The summed E-state index contributed by atoms with van der Waals surface area (Å²) in [6, 6.07) is 0.295. The van der Waals surface area contributed by atoms with Gasteiger partial charge in [-0.1, -0.05) is 6.92 Å². The first-order valence-corrected chi connectivity index (χ1v) is 7.49. The third kappa shape index (κ3) is 3.04. The van der Waals surface area contributed by atoms with E-state index in [2.05, 4.69) is 43.1 Å². The normalized spacial score (nSPS) is 12.9. The molecule has 0 saturated heterocycles. The van der Waals surface area contributed by atoms with Crippen molar-refractivity contribution in [3.63, 3.8) is 0 Å². The van der Waals surface area contributed by atoms with E-state index in [-0.39, 0.29) is 0 Å². The Morgan fingerprint density at radius 1 is 1.37 bits per heavy atom. The van der Waals surface area contributed by atoms with Gasteiger partial charge in [0, 0.05) is 35.6 Å². The van der Waals surface area contributed by atoms with E-state index >= 15 is 0 Å². The highest BCUT2D eigenvalue weighted by atomic mass is 32.1. The minimum Gasteiger partial charge on any atom is -0.310 e. The molecular formula is C14H22N4S. The fourth-order valence-electron chi connectivity index (χ4n) is 2.20. The Kier molecular flexibility index (Phi) is 4.37. The smallest absolute Gasteiger partial charge is 0.0949 e. The molecular weight excluding hydrogens is 256 g/mol. The molecule has 19 heavy (non-hydrogen) atoms. The van der Waals surface area contributed by atoms with Gasteiger partial charge in [-0.15, -0.1) is 11.3 Å². The Hall–Kier alpha value is -1.20. The lowest BCUT2D eigenvalue weighted by Crippen LogP contribution is -2.23. The lowest BCUT2D eigenvalue weighted by atomic mass is 10.1. The summed E-state index contributed by atoms with van der Waals surface area (Å²) in [6.45, 7) is 9.41. The van der Waals surface area contributed by atoms with Gasteiger partial charge in [0.25, 0.3) is 0 Å². The van der Waals surface area contributed by atoms with Crippen LogP contribution < -0.4 is 5.32 Å². The molecule has 0 fully saturated rings. The first-order valence-electron chi connectivity index (χ1n) is 6.67. The van der Waals surface area contributed by atoms with Crippen molar-refractivity contribution < 1.29 is 0 Å². The molecule has 0 aliphatic rings. The van der Waals surface area contributed by atoms with Gasteiger partial charge in [0.15, 0.2) is 0 Å². The average molecular weight is 278 g/mol. The van der Waals surface area contributed by atoms with E-state index in [4.69, 9.17) is 0 Å². The van der Waals surface area contributed by atoms with Gasteiger partial charge in [0.05, 0.1) is 16.9 Å². The highest BCUT2D eigenvalue weighted by Crippen LogP contribution is 2.25. The molecule has 1 N–H and O–H groups in total. The van der Waals surface area contributed by atoms with Crippen LogP contribution in [0.4, 0.5) is 0 Å². The number of nitrogens with one attached hydrogen (secondary N) is 1. The summed E-state index contributed by atoms with van der Waals surface area (Å²) in [5.74, 6) is 0. The molecule has 0 saturated carbocycles. The third-order valence-electron chi connectivity index (χ3n) is 3.55. The molecule has 104 valence electrons. The Labute approximate surface area is 118 Å². The van der Waals surface area contributed by atoms with E-state index in [0.717, 1.165) is 18.7 Å². The Morgan fingerprint density at radius 2 is 2.11 bits per heavy atom. The molecule has 2 heterocycles. The monoisotopic (exact) mass is 278 g/mol. The van der Waals surface area contributed by atoms with Gasteiger partial charge in [-0.05, 0) is 27.3 Å². The number of aryl methyl sites for hydroxylation is 3. The zero-order valence-corrected chi connectivity index (χ0v) is 13.1. The number of nitrogens with zero attached hydrogens (tertiary/aromatic N) is 3. The summed E-state index contributed by atoms with van der Waals surface area (Å²) in [4.78, 5) is 5.96. The van der Waals surface area contributed by atoms with Crippen molar-refractivity contribution in [1.29, 1.82) is 0 Å². The van der Waals surface area contributed by atoms with Crippen LogP contribution in [-0.4, -0.2) is 21.3 Å². The van der Waals surface area contributed by atoms with Crippen LogP contribution in [0, 0.1) is 20.8 Å². The van der Waals surface area contributed by atoms with Crippen LogP contribution >= 0.6 is 11.3 Å². The van der Waals surface area contributed by atoms with Gasteiger partial charge in [-0.25, -0.2) is 4.98 Å². The highest BCUT2D eigenvalue weighted by molar-refractivity contribution is 7.11. The molecule has 0 amide bonds. The zero-order chi connectivity index (χ0) is 14.0. The number of aromatic nitrogens is 3. The van der Waals surface area contributed by atoms with E-state index in [1.807, 2.05) is 17.9 Å². The highest BCUT2D eigenvalue weighted by Gasteiger charge is 2.18. The van der Waals surface area contributed by atoms with Crippen molar-refractivity contribution in [1.82, 2.24) is 20.1 Å². The average Bonchev–Trinajstić information content (AvgIpc) is 2.84. The second kappa shape index (κ2) is 5.84. The molecule has 4 nitrogen and oxygen atoms in total. The fraction of sp³-hybridized carbons (Fsp3) is 0.571. The number of hydrogen-bond acceptors (Lipinski definition) is 4. The lowest BCUT2D eigenvalue weighted by Gasteiger charge is -2.16. The summed E-state index contributed by atoms with van der Waals surface area (Å²) >= 11 is 1.80. The van der Waals surface area contributed by atoms with Crippen molar-refractivity contribution in [2.24, 2.45) is 7.05 Å². The molecule has 0 aliphatic heterocycles. The molecule has 0 radical (unpaired) electrons. The molecule has 0 aliphatic carbocycles. The van der Waals surface area contributed by atoms with E-state index < -0.39 is 0 Å². The van der Waals surface area contributed by atoms with Gasteiger partial charge in [-0.2, -0.15) is 5.10 Å². The van der Waals surface area contributed by atoms with Gasteiger partial charge in [0.1, 0.15) is 0 Å². The van der Waals surface area contributed by atoms with Crippen molar-refractivity contribution in [3.05, 3.63) is 33.0 Å². The van der Waals surface area contributed by atoms with Crippen LogP contribution in [0.1, 0.15) is 39.8 Å². The summed E-state index contributed by atoms with van der Waals surface area (Å²) in [5, 5.41) is 9.09. The van der Waals surface area contributed by atoms with Crippen molar-refractivity contribution in [2.75, 3.05) is 6.54 Å². The number of rotatable bonds is 5. The van der Waals surface area contributed by atoms with Gasteiger partial charge in [0.2, 0.25) is 0 Å². The van der Waals surface area contributed by atoms with Gasteiger partial charge < -0.3 is 5.32 Å². The SMILES string of the molecule is CCNC(Cc1nc(C)c(C)s1)c1cnn(C)c1C. The first kappa shape index (κ1) is 14.2. The van der Waals surface area contributed by atoms with Crippen molar-refractivity contribution in [3.8, 4) is 0 Å². The molecule has 2 rings (SSSR count). The van der Waals surface area contributed by atoms with Crippen LogP contribution in [0.15, 0.2) is 6.20 Å². The Bertz CT molecular complexity index is 536. The fourth-order valence-corrected chi connectivity index (χ4v) is 3.18. The number of thiazole rings is 1. The summed E-state index contributed by atoms with van der Waals surface area (Å²) in [6.07, 6.45) is 2.90. The van der Waals surface area contributed by atoms with E-state index in [9.17, 15) is 0 Å². The maximum absolute atomic E-state index is 4.65. The van der Waals surface area contributed by atoms with Crippen LogP contribution in [0.5, 0.6) is 0 Å². The molecule has 1 unspecified atom stereocenters. The van der Waals surface area contributed by atoms with Crippen LogP contribution in [0.3, 0.4) is 0 Å². The summed E-state index contributed by atoms with van der Waals surface area (Å²) < 4.78 is 1.93. The quantitative estimate of drug-likeness (QED) is 0.914. The molecule has 5 heteroatoms. The standard InChI is InChI=1S/C14H22N4S/c1-6-15-13(12-8-16-18(5)10(12)3)7-14-17-9(2)11(4)19-14/h8,13,15H,6-7H2,1-5H3. The maximum atomic E-state index is 4.65. The minimum absolute atomic E-state index is 0.295. The summed E-state index contributed by atoms with van der Waals surface area (Å²) in [5.41, 5.74) is 3.64. The Morgan fingerprint density at radius 3 is 2.58 bits per heavy atom. The van der Waals surface area contributed by atoms with Crippen LogP contribution in [0.25, 0.3) is 0 Å². The predicted molar refractivity (Wildman–Crippen MR) is 79.7 cm³/mol. The Balaban J connectivity index is 2.23. The molecule has 0 aromatic carbocycles. The molecule has 2 aromatic rings. The predicted octanol–water partition coefficient (Wildman–Crippen LogP) is 2.70. The topological polar surface area (TPSA) is 42.7 Å². The van der Waals surface area contributed by atoms with E-state index in [0.29, 0.717) is 6.04 Å². The van der Waals surface area contributed by atoms with Crippen molar-refractivity contribution >= 4 is 11.3 Å². The van der Waals surface area contributed by atoms with Crippen LogP contribution in [0.2, 0.25) is 0 Å². The molecule has 2 aromatic heterocycles. The second-order valence-corrected chi connectivity index (χ2v) is 6.16. The molecule has 0 spiro atoms. The zero-order valence-electron chi connectivity index (χ0n) is 12.3. The number of hydrogen-bond donors (Lipinski definition) is 1. The largest absolute Gasteiger partial charge is 0.310 e. The summed E-state index contributed by atoms with van der Waals surface area (Å²) in [7, 11) is 1.99. The third-order valence-corrected chi connectivity index (χ3v) is 4.65. The number of likely N-dealkylation sites (N-methyl/N-ethyl adjacent to an activating group) is 1. The van der Waals surface area contributed by atoms with E-state index in [1.165, 1.54) is 21.1 Å². The lowest BCUT2D eigenvalue weighted by molar-refractivity contribution is 0.544. The van der Waals surface area contributed by atoms with Crippen molar-refractivity contribution in [2.45, 2.75) is 40.2 Å². The maximum Gasteiger partial charge on any atom is 0.0949 e. The first-order chi connectivity index (χ1) is 9.02. The van der Waals surface area contributed by atoms with Gasteiger partial charge in [-0.3, -0.25) is 4.68 Å². The molecule has 1 atom stereocenters. The van der Waals surface area contributed by atoms with Gasteiger partial charge >= 0.3 is 0 Å².